The van der Waals surface area contributed by atoms with Gasteiger partial charge in [0.2, 0.25) is 0 Å². The number of ether oxygens (including phenoxy) is 1. The zero-order valence-electron chi connectivity index (χ0n) is 11.2. The molecule has 0 aliphatic carbocycles. The van der Waals surface area contributed by atoms with Crippen molar-refractivity contribution in [3.8, 4) is 0 Å². The highest BCUT2D eigenvalue weighted by Gasteiger charge is 2.13. The van der Waals surface area contributed by atoms with Gasteiger partial charge in [0.25, 0.3) is 0 Å². The van der Waals surface area contributed by atoms with Crippen LogP contribution in [-0.4, -0.2) is 58.1 Å². The van der Waals surface area contributed by atoms with E-state index in [4.69, 9.17) is 4.74 Å². The Morgan fingerprint density at radius 1 is 0.947 bits per heavy atom. The molecule has 1 aliphatic rings. The first-order valence-corrected chi connectivity index (χ1v) is 11.1. The molecule has 0 atom stereocenters. The minimum Gasteiger partial charge on any atom is -0.457 e. The summed E-state index contributed by atoms with van der Waals surface area (Å²) in [4.78, 5) is 11.3. The lowest BCUT2D eigenvalue weighted by atomic mass is 10.4. The molecule has 0 radical (unpaired) electrons. The topological polar surface area (TPSA) is 26.3 Å². The molecular formula is C13H22O2S4. The van der Waals surface area contributed by atoms with Crippen molar-refractivity contribution in [2.75, 3.05) is 46.0 Å². The van der Waals surface area contributed by atoms with Crippen molar-refractivity contribution >= 4 is 53.0 Å². The van der Waals surface area contributed by atoms with E-state index in [2.05, 4.69) is 6.58 Å². The molecule has 1 heterocycles. The zero-order valence-corrected chi connectivity index (χ0v) is 14.4. The van der Waals surface area contributed by atoms with Gasteiger partial charge >= 0.3 is 5.97 Å². The summed E-state index contributed by atoms with van der Waals surface area (Å²) in [5.74, 6) is 8.74. The van der Waals surface area contributed by atoms with Crippen LogP contribution in [0.2, 0.25) is 0 Å². The van der Waals surface area contributed by atoms with Gasteiger partial charge in [-0.3, -0.25) is 0 Å². The maximum Gasteiger partial charge on any atom is 0.330 e. The molecule has 2 nitrogen and oxygen atoms in total. The second-order valence-electron chi connectivity index (χ2n) is 3.99. The second-order valence-corrected chi connectivity index (χ2v) is 8.74. The summed E-state index contributed by atoms with van der Waals surface area (Å²) in [5, 5.41) is 0. The lowest BCUT2D eigenvalue weighted by Crippen LogP contribution is -2.23. The molecule has 1 aliphatic heterocycles. The van der Waals surface area contributed by atoms with Gasteiger partial charge in [0.15, 0.2) is 0 Å². The Morgan fingerprint density at radius 3 is 2.00 bits per heavy atom. The van der Waals surface area contributed by atoms with Crippen molar-refractivity contribution in [1.29, 1.82) is 0 Å². The van der Waals surface area contributed by atoms with Crippen LogP contribution in [0.3, 0.4) is 0 Å². The first-order valence-electron chi connectivity index (χ1n) is 6.47. The summed E-state index contributed by atoms with van der Waals surface area (Å²) in [5.41, 5.74) is 0. The Hall–Kier alpha value is 0.610. The van der Waals surface area contributed by atoms with Crippen molar-refractivity contribution in [2.24, 2.45) is 0 Å². The molecular weight excluding hydrogens is 316 g/mol. The predicted molar refractivity (Wildman–Crippen MR) is 94.0 cm³/mol. The van der Waals surface area contributed by atoms with Crippen molar-refractivity contribution in [1.82, 2.24) is 0 Å². The minimum atomic E-state index is -0.295. The van der Waals surface area contributed by atoms with E-state index in [0.717, 1.165) is 23.0 Å². The van der Waals surface area contributed by atoms with Gasteiger partial charge in [-0.05, 0) is 17.9 Å². The molecule has 110 valence electrons. The Labute approximate surface area is 133 Å². The average molecular weight is 339 g/mol. The molecule has 19 heavy (non-hydrogen) atoms. The maximum atomic E-state index is 11.3. The Morgan fingerprint density at radius 2 is 1.47 bits per heavy atom. The van der Waals surface area contributed by atoms with Crippen LogP contribution in [0.4, 0.5) is 0 Å². The summed E-state index contributed by atoms with van der Waals surface area (Å²) < 4.78 is 5.39. The zero-order chi connectivity index (χ0) is 13.8. The minimum absolute atomic E-state index is 0.0263. The van der Waals surface area contributed by atoms with Crippen LogP contribution < -0.4 is 0 Å². The summed E-state index contributed by atoms with van der Waals surface area (Å²) in [6, 6.07) is 0. The molecule has 0 saturated carbocycles. The lowest BCUT2D eigenvalue weighted by Gasteiger charge is -2.16. The average Bonchev–Trinajstić information content (AvgIpc) is 2.42. The first kappa shape index (κ1) is 17.7. The molecule has 1 saturated heterocycles. The van der Waals surface area contributed by atoms with Crippen LogP contribution in [0, 0.1) is 0 Å². The molecule has 0 unspecified atom stereocenters. The molecule has 1 rings (SSSR count). The third-order valence-electron chi connectivity index (χ3n) is 2.38. The van der Waals surface area contributed by atoms with Crippen molar-refractivity contribution < 1.29 is 9.53 Å². The summed E-state index contributed by atoms with van der Waals surface area (Å²) in [6.45, 7) is 3.46. The Balaban J connectivity index is 2.31. The van der Waals surface area contributed by atoms with Crippen LogP contribution in [0.15, 0.2) is 12.7 Å². The molecule has 0 N–H and O–H groups in total. The van der Waals surface area contributed by atoms with Crippen LogP contribution in [-0.2, 0) is 9.53 Å². The van der Waals surface area contributed by atoms with E-state index < -0.39 is 0 Å². The quantitative estimate of drug-likeness (QED) is 0.565. The molecule has 0 spiro atoms. The van der Waals surface area contributed by atoms with Crippen LogP contribution in [0.1, 0.15) is 6.42 Å². The standard InChI is InChI=1S/C13H22O2S4/c1-2-13(14)15-12-10-18-8-6-16-4-3-5-17-7-9-19-11-12/h2,12H,1,3-11H2. The molecule has 0 aromatic heterocycles. The fraction of sp³-hybridized carbons (Fsp3) is 0.769. The van der Waals surface area contributed by atoms with Crippen LogP contribution >= 0.6 is 47.0 Å². The third-order valence-corrected chi connectivity index (χ3v) is 7.24. The van der Waals surface area contributed by atoms with E-state index in [0.29, 0.717) is 0 Å². The maximum absolute atomic E-state index is 11.3. The molecule has 0 aromatic rings. The fourth-order valence-corrected chi connectivity index (χ4v) is 6.01. The Kier molecular flexibility index (Phi) is 11.5. The SMILES string of the molecule is C=CC(=O)OC1CSCCSCCCSCCSC1. The number of thioether (sulfide) groups is 4. The van der Waals surface area contributed by atoms with Gasteiger partial charge in [0, 0.05) is 40.6 Å². The van der Waals surface area contributed by atoms with Crippen LogP contribution in [0.25, 0.3) is 0 Å². The lowest BCUT2D eigenvalue weighted by molar-refractivity contribution is -0.140. The van der Waals surface area contributed by atoms with Gasteiger partial charge in [-0.15, -0.1) is 0 Å². The van der Waals surface area contributed by atoms with Gasteiger partial charge in [0.05, 0.1) is 0 Å². The van der Waals surface area contributed by atoms with Gasteiger partial charge in [-0.1, -0.05) is 6.58 Å². The number of hydrogen-bond acceptors (Lipinski definition) is 6. The highest BCUT2D eigenvalue weighted by atomic mass is 32.2. The van der Waals surface area contributed by atoms with Crippen molar-refractivity contribution in [3.63, 3.8) is 0 Å². The van der Waals surface area contributed by atoms with E-state index in [9.17, 15) is 4.79 Å². The Bertz CT molecular complexity index is 247. The highest BCUT2D eigenvalue weighted by molar-refractivity contribution is 8.04. The highest BCUT2D eigenvalue weighted by Crippen LogP contribution is 2.17. The van der Waals surface area contributed by atoms with Crippen LogP contribution in [0.5, 0.6) is 0 Å². The van der Waals surface area contributed by atoms with Gasteiger partial charge in [-0.25, -0.2) is 4.79 Å². The summed E-state index contributed by atoms with van der Waals surface area (Å²) in [7, 11) is 0. The largest absolute Gasteiger partial charge is 0.457 e. The van der Waals surface area contributed by atoms with Crippen molar-refractivity contribution in [3.05, 3.63) is 12.7 Å². The molecule has 0 aromatic carbocycles. The summed E-state index contributed by atoms with van der Waals surface area (Å²) in [6.07, 6.45) is 2.61. The number of carbonyl (C=O) groups excluding carboxylic acids is 1. The van der Waals surface area contributed by atoms with E-state index >= 15 is 0 Å². The molecule has 0 bridgehead atoms. The van der Waals surface area contributed by atoms with E-state index in [1.165, 1.54) is 35.5 Å². The number of hydrogen-bond donors (Lipinski definition) is 0. The molecule has 1 fully saturated rings. The molecule has 0 amide bonds. The number of esters is 1. The first-order chi connectivity index (χ1) is 9.33. The number of carbonyl (C=O) groups is 1. The van der Waals surface area contributed by atoms with Crippen molar-refractivity contribution in [2.45, 2.75) is 12.5 Å². The summed E-state index contributed by atoms with van der Waals surface area (Å²) >= 11 is 7.85. The monoisotopic (exact) mass is 338 g/mol. The van der Waals surface area contributed by atoms with Gasteiger partial charge in [-0.2, -0.15) is 47.0 Å². The normalized spacial score (nSPS) is 21.3. The van der Waals surface area contributed by atoms with E-state index in [1.54, 1.807) is 0 Å². The predicted octanol–water partition coefficient (Wildman–Crippen LogP) is 3.42. The molecule has 6 heteroatoms. The smallest absolute Gasteiger partial charge is 0.330 e. The number of rotatable bonds is 2. The fourth-order valence-electron chi connectivity index (χ4n) is 1.46. The van der Waals surface area contributed by atoms with E-state index in [-0.39, 0.29) is 12.1 Å². The van der Waals surface area contributed by atoms with Gasteiger partial charge < -0.3 is 4.74 Å². The third kappa shape index (κ3) is 10.0. The van der Waals surface area contributed by atoms with E-state index in [1.807, 2.05) is 47.0 Å². The second kappa shape index (κ2) is 12.4. The van der Waals surface area contributed by atoms with Gasteiger partial charge in [0.1, 0.15) is 6.10 Å².